The lowest BCUT2D eigenvalue weighted by Crippen LogP contribution is -2.29. The van der Waals surface area contributed by atoms with Crippen LogP contribution >= 0.6 is 0 Å². The molecule has 1 fully saturated rings. The number of rotatable bonds is 2. The first-order valence-electron chi connectivity index (χ1n) is 5.09. The largest absolute Gasteiger partial charge is 0.447 e. The summed E-state index contributed by atoms with van der Waals surface area (Å²) in [4.78, 5) is 23.6. The van der Waals surface area contributed by atoms with Gasteiger partial charge in [-0.15, -0.1) is 0 Å². The molecule has 0 unspecified atom stereocenters. The summed E-state index contributed by atoms with van der Waals surface area (Å²) < 4.78 is 17.8. The molecule has 0 N–H and O–H groups in total. The van der Waals surface area contributed by atoms with E-state index in [1.165, 1.54) is 12.1 Å². The standard InChI is InChI=1S/C12H10FNO3/c13-10-4-2-1-3-9(10)5-6-11(15)14-7-8-17-12(14)16/h1-6H,7-8H2/b6-5+. The Morgan fingerprint density at radius 3 is 2.82 bits per heavy atom. The molecule has 0 atom stereocenters. The summed E-state index contributed by atoms with van der Waals surface area (Å²) in [5.74, 6) is -0.920. The average molecular weight is 235 g/mol. The molecule has 1 aromatic carbocycles. The normalized spacial score (nSPS) is 15.4. The van der Waals surface area contributed by atoms with Crippen molar-refractivity contribution in [3.8, 4) is 0 Å². The zero-order chi connectivity index (χ0) is 12.3. The van der Waals surface area contributed by atoms with Gasteiger partial charge >= 0.3 is 6.09 Å². The Morgan fingerprint density at radius 1 is 1.41 bits per heavy atom. The van der Waals surface area contributed by atoms with Gasteiger partial charge in [-0.3, -0.25) is 4.79 Å². The number of benzene rings is 1. The molecule has 1 heterocycles. The SMILES string of the molecule is O=C(/C=C/c1ccccc1F)N1CCOC1=O. The van der Waals surface area contributed by atoms with Crippen LogP contribution in [0, 0.1) is 5.82 Å². The van der Waals surface area contributed by atoms with Crippen LogP contribution in [-0.2, 0) is 9.53 Å². The second-order valence-corrected chi connectivity index (χ2v) is 3.46. The molecule has 0 radical (unpaired) electrons. The minimum absolute atomic E-state index is 0.206. The van der Waals surface area contributed by atoms with Gasteiger partial charge in [-0.25, -0.2) is 14.1 Å². The molecule has 1 aliphatic rings. The molecule has 0 aliphatic carbocycles. The fraction of sp³-hybridized carbons (Fsp3) is 0.167. The number of nitrogens with zero attached hydrogens (tertiary/aromatic N) is 1. The number of amides is 2. The summed E-state index contributed by atoms with van der Waals surface area (Å²) in [6.07, 6.45) is 1.84. The highest BCUT2D eigenvalue weighted by Gasteiger charge is 2.26. The third-order valence-electron chi connectivity index (χ3n) is 2.34. The zero-order valence-electron chi connectivity index (χ0n) is 8.93. The Labute approximate surface area is 97.3 Å². The number of hydrogen-bond acceptors (Lipinski definition) is 3. The number of hydrogen-bond donors (Lipinski definition) is 0. The fourth-order valence-electron chi connectivity index (χ4n) is 1.45. The highest BCUT2D eigenvalue weighted by Crippen LogP contribution is 2.10. The maximum atomic E-state index is 13.2. The topological polar surface area (TPSA) is 46.6 Å². The average Bonchev–Trinajstić information content (AvgIpc) is 2.74. The molecule has 0 spiro atoms. The molecule has 0 aromatic heterocycles. The first-order valence-corrected chi connectivity index (χ1v) is 5.09. The first kappa shape index (κ1) is 11.3. The van der Waals surface area contributed by atoms with E-state index >= 15 is 0 Å². The van der Waals surface area contributed by atoms with Gasteiger partial charge in [0.05, 0.1) is 6.54 Å². The van der Waals surface area contributed by atoms with Gasteiger partial charge in [-0.2, -0.15) is 0 Å². The van der Waals surface area contributed by atoms with Crippen LogP contribution in [0.25, 0.3) is 6.08 Å². The highest BCUT2D eigenvalue weighted by molar-refractivity contribution is 6.01. The Kier molecular flexibility index (Phi) is 3.18. The molecule has 88 valence electrons. The first-order chi connectivity index (χ1) is 8.18. The van der Waals surface area contributed by atoms with E-state index in [-0.39, 0.29) is 13.2 Å². The van der Waals surface area contributed by atoms with Crippen molar-refractivity contribution in [1.29, 1.82) is 0 Å². The van der Waals surface area contributed by atoms with Gasteiger partial charge in [-0.1, -0.05) is 18.2 Å². The van der Waals surface area contributed by atoms with Crippen molar-refractivity contribution in [2.24, 2.45) is 0 Å². The van der Waals surface area contributed by atoms with E-state index in [2.05, 4.69) is 4.74 Å². The molecular formula is C12H10FNO3. The second kappa shape index (κ2) is 4.78. The molecule has 0 saturated carbocycles. The van der Waals surface area contributed by atoms with Crippen LogP contribution in [0.15, 0.2) is 30.3 Å². The Balaban J connectivity index is 2.08. The lowest BCUT2D eigenvalue weighted by molar-refractivity contribution is -0.122. The molecule has 4 nitrogen and oxygen atoms in total. The number of imide groups is 1. The van der Waals surface area contributed by atoms with Gasteiger partial charge in [-0.05, 0) is 12.1 Å². The van der Waals surface area contributed by atoms with Gasteiger partial charge in [0, 0.05) is 11.6 Å². The van der Waals surface area contributed by atoms with Crippen LogP contribution < -0.4 is 0 Å². The molecule has 17 heavy (non-hydrogen) atoms. The number of ether oxygens (including phenoxy) is 1. The van der Waals surface area contributed by atoms with E-state index in [4.69, 9.17) is 0 Å². The minimum Gasteiger partial charge on any atom is -0.447 e. The van der Waals surface area contributed by atoms with E-state index in [0.717, 1.165) is 11.0 Å². The number of cyclic esters (lactones) is 1. The smallest absolute Gasteiger partial charge is 0.416 e. The lowest BCUT2D eigenvalue weighted by Gasteiger charge is -2.06. The van der Waals surface area contributed by atoms with Crippen LogP contribution in [0.5, 0.6) is 0 Å². The molecule has 2 amide bonds. The van der Waals surface area contributed by atoms with Crippen LogP contribution in [0.2, 0.25) is 0 Å². The van der Waals surface area contributed by atoms with Gasteiger partial charge in [0.2, 0.25) is 0 Å². The van der Waals surface area contributed by atoms with Crippen molar-refractivity contribution in [3.05, 3.63) is 41.7 Å². The third kappa shape index (κ3) is 2.50. The molecule has 1 aromatic rings. The van der Waals surface area contributed by atoms with E-state index in [1.807, 2.05) is 0 Å². The summed E-state index contributed by atoms with van der Waals surface area (Å²) in [5, 5.41) is 0. The van der Waals surface area contributed by atoms with Crippen LogP contribution in [-0.4, -0.2) is 30.1 Å². The van der Waals surface area contributed by atoms with E-state index in [9.17, 15) is 14.0 Å². The maximum absolute atomic E-state index is 13.2. The van der Waals surface area contributed by atoms with Crippen molar-refractivity contribution >= 4 is 18.1 Å². The van der Waals surface area contributed by atoms with Gasteiger partial charge < -0.3 is 4.74 Å². The van der Waals surface area contributed by atoms with Crippen molar-refractivity contribution in [2.75, 3.05) is 13.2 Å². The van der Waals surface area contributed by atoms with E-state index in [1.54, 1.807) is 18.2 Å². The molecule has 1 saturated heterocycles. The quantitative estimate of drug-likeness (QED) is 0.734. The van der Waals surface area contributed by atoms with Crippen molar-refractivity contribution in [2.45, 2.75) is 0 Å². The Morgan fingerprint density at radius 2 is 2.18 bits per heavy atom. The number of carbonyl (C=O) groups is 2. The monoisotopic (exact) mass is 235 g/mol. The Bertz CT molecular complexity index is 484. The third-order valence-corrected chi connectivity index (χ3v) is 2.34. The predicted molar refractivity (Wildman–Crippen MR) is 58.5 cm³/mol. The molecule has 0 bridgehead atoms. The summed E-state index contributed by atoms with van der Waals surface area (Å²) in [7, 11) is 0. The highest BCUT2D eigenvalue weighted by atomic mass is 19.1. The zero-order valence-corrected chi connectivity index (χ0v) is 8.93. The van der Waals surface area contributed by atoms with Crippen molar-refractivity contribution < 1.29 is 18.7 Å². The van der Waals surface area contributed by atoms with Crippen molar-refractivity contribution in [1.82, 2.24) is 4.90 Å². The summed E-state index contributed by atoms with van der Waals surface area (Å²) in [5.41, 5.74) is 0.299. The predicted octanol–water partition coefficient (Wildman–Crippen LogP) is 1.82. The van der Waals surface area contributed by atoms with Crippen LogP contribution in [0.4, 0.5) is 9.18 Å². The van der Waals surface area contributed by atoms with E-state index < -0.39 is 17.8 Å². The molecule has 5 heteroatoms. The van der Waals surface area contributed by atoms with Crippen LogP contribution in [0.3, 0.4) is 0 Å². The molecule has 1 aliphatic heterocycles. The van der Waals surface area contributed by atoms with Gasteiger partial charge in [0.25, 0.3) is 5.91 Å². The van der Waals surface area contributed by atoms with Crippen molar-refractivity contribution in [3.63, 3.8) is 0 Å². The van der Waals surface area contributed by atoms with Crippen LogP contribution in [0.1, 0.15) is 5.56 Å². The Hall–Kier alpha value is -2.17. The number of halogens is 1. The summed E-state index contributed by atoms with van der Waals surface area (Å²) >= 11 is 0. The number of carbonyl (C=O) groups excluding carboxylic acids is 2. The summed E-state index contributed by atoms with van der Waals surface area (Å²) in [6, 6.07) is 6.07. The summed E-state index contributed by atoms with van der Waals surface area (Å²) in [6.45, 7) is 0.442. The molecule has 2 rings (SSSR count). The van der Waals surface area contributed by atoms with E-state index in [0.29, 0.717) is 5.56 Å². The van der Waals surface area contributed by atoms with Gasteiger partial charge in [0.15, 0.2) is 0 Å². The second-order valence-electron chi connectivity index (χ2n) is 3.46. The molecular weight excluding hydrogens is 225 g/mol. The minimum atomic E-state index is -0.659. The van der Waals surface area contributed by atoms with Gasteiger partial charge in [0.1, 0.15) is 12.4 Å². The lowest BCUT2D eigenvalue weighted by atomic mass is 10.2. The fourth-order valence-corrected chi connectivity index (χ4v) is 1.45. The maximum Gasteiger partial charge on any atom is 0.416 e.